The number of benzene rings is 3. The summed E-state index contributed by atoms with van der Waals surface area (Å²) in [4.78, 5) is 30.7. The first-order valence-corrected chi connectivity index (χ1v) is 13.0. The number of nitrogens with zero attached hydrogens (tertiary/aromatic N) is 1. The molecule has 35 heavy (non-hydrogen) atoms. The van der Waals surface area contributed by atoms with Gasteiger partial charge in [-0.05, 0) is 65.4 Å². The molecule has 3 aromatic carbocycles. The van der Waals surface area contributed by atoms with E-state index in [9.17, 15) is 9.59 Å². The second kappa shape index (κ2) is 10.3. The van der Waals surface area contributed by atoms with Crippen LogP contribution in [-0.2, 0) is 17.9 Å². The fourth-order valence-corrected chi connectivity index (χ4v) is 5.65. The first-order chi connectivity index (χ1) is 17.1. The van der Waals surface area contributed by atoms with Crippen molar-refractivity contribution in [2.75, 3.05) is 4.90 Å². The van der Waals surface area contributed by atoms with Crippen LogP contribution in [0.1, 0.15) is 31.9 Å². The van der Waals surface area contributed by atoms with Crippen LogP contribution in [0.2, 0.25) is 0 Å². The second-order valence-corrected chi connectivity index (χ2v) is 10.4. The topological polar surface area (TPSA) is 49.4 Å². The number of carbonyl (C=O) groups is 2. The van der Waals surface area contributed by atoms with Crippen molar-refractivity contribution in [1.82, 2.24) is 5.32 Å². The third kappa shape index (κ3) is 5.24. The largest absolute Gasteiger partial charge is 0.347 e. The van der Waals surface area contributed by atoms with Crippen LogP contribution in [0, 0.1) is 6.92 Å². The Labute approximate surface area is 213 Å². The highest BCUT2D eigenvalue weighted by Crippen LogP contribution is 2.42. The highest BCUT2D eigenvalue weighted by atomic mass is 32.2. The average molecular weight is 497 g/mol. The summed E-state index contributed by atoms with van der Waals surface area (Å²) in [5, 5.41) is 4.94. The van der Waals surface area contributed by atoms with Gasteiger partial charge in [-0.3, -0.25) is 9.59 Å². The van der Waals surface area contributed by atoms with Crippen molar-refractivity contribution in [2.24, 2.45) is 0 Å². The summed E-state index contributed by atoms with van der Waals surface area (Å²) in [6.07, 6.45) is 1.90. The molecule has 6 heteroatoms. The van der Waals surface area contributed by atoms with Crippen LogP contribution in [0.25, 0.3) is 6.08 Å². The molecule has 4 aromatic rings. The highest BCUT2D eigenvalue weighted by Gasteiger charge is 2.29. The zero-order valence-electron chi connectivity index (χ0n) is 19.2. The van der Waals surface area contributed by atoms with Gasteiger partial charge in [0, 0.05) is 15.3 Å². The van der Waals surface area contributed by atoms with E-state index in [2.05, 4.69) is 24.4 Å². The Hall–Kier alpha value is -3.61. The van der Waals surface area contributed by atoms with Gasteiger partial charge in [0.25, 0.3) is 11.8 Å². The number of aryl methyl sites for hydroxylation is 1. The van der Waals surface area contributed by atoms with Crippen molar-refractivity contribution in [3.63, 3.8) is 0 Å². The standard InChI is InChI=1S/C29H24N2O2S2/c1-20-7-2-3-8-23(20)19-31-25-10-4-5-11-26(25)35-27(29(31)33)17-21-12-14-22(15-13-21)28(32)30-18-24-9-6-16-34-24/h2-17H,18-19H2,1H3,(H,30,32). The van der Waals surface area contributed by atoms with Gasteiger partial charge in [-0.2, -0.15) is 0 Å². The molecule has 1 aliphatic rings. The maximum absolute atomic E-state index is 13.6. The van der Waals surface area contributed by atoms with Crippen molar-refractivity contribution in [1.29, 1.82) is 0 Å². The number of anilines is 1. The van der Waals surface area contributed by atoms with E-state index in [4.69, 9.17) is 0 Å². The molecule has 0 radical (unpaired) electrons. The van der Waals surface area contributed by atoms with Gasteiger partial charge in [0.05, 0.1) is 23.7 Å². The Balaban J connectivity index is 1.36. The summed E-state index contributed by atoms with van der Waals surface area (Å²) in [6.45, 7) is 3.10. The molecular weight excluding hydrogens is 472 g/mol. The van der Waals surface area contributed by atoms with E-state index in [1.54, 1.807) is 23.5 Å². The summed E-state index contributed by atoms with van der Waals surface area (Å²) in [5.41, 5.74) is 4.69. The fourth-order valence-electron chi connectivity index (χ4n) is 3.94. The van der Waals surface area contributed by atoms with Crippen LogP contribution in [0.5, 0.6) is 0 Å². The van der Waals surface area contributed by atoms with Gasteiger partial charge in [0.2, 0.25) is 0 Å². The van der Waals surface area contributed by atoms with Gasteiger partial charge in [0.15, 0.2) is 0 Å². The maximum atomic E-state index is 13.6. The van der Waals surface area contributed by atoms with E-state index in [1.807, 2.05) is 77.0 Å². The van der Waals surface area contributed by atoms with E-state index in [-0.39, 0.29) is 11.8 Å². The molecule has 0 saturated heterocycles. The van der Waals surface area contributed by atoms with Crippen LogP contribution in [-0.4, -0.2) is 11.8 Å². The molecule has 0 atom stereocenters. The monoisotopic (exact) mass is 496 g/mol. The van der Waals surface area contributed by atoms with Crippen molar-refractivity contribution in [3.8, 4) is 0 Å². The van der Waals surface area contributed by atoms with E-state index in [0.29, 0.717) is 23.6 Å². The predicted molar refractivity (Wildman–Crippen MR) is 145 cm³/mol. The van der Waals surface area contributed by atoms with Crippen LogP contribution < -0.4 is 10.2 Å². The second-order valence-electron chi connectivity index (χ2n) is 8.28. The molecule has 1 aliphatic heterocycles. The number of carbonyl (C=O) groups excluding carboxylic acids is 2. The normalized spacial score (nSPS) is 14.1. The van der Waals surface area contributed by atoms with Crippen molar-refractivity contribution >= 4 is 46.7 Å². The van der Waals surface area contributed by atoms with E-state index < -0.39 is 0 Å². The molecule has 174 valence electrons. The van der Waals surface area contributed by atoms with Crippen LogP contribution >= 0.6 is 23.1 Å². The Kier molecular flexibility index (Phi) is 6.84. The third-order valence-corrected chi connectivity index (χ3v) is 7.85. The minimum atomic E-state index is -0.112. The number of hydrogen-bond acceptors (Lipinski definition) is 4. The van der Waals surface area contributed by atoms with Crippen molar-refractivity contribution < 1.29 is 9.59 Å². The Morgan fingerprint density at radius 2 is 1.71 bits per heavy atom. The maximum Gasteiger partial charge on any atom is 0.265 e. The van der Waals surface area contributed by atoms with E-state index >= 15 is 0 Å². The SMILES string of the molecule is Cc1ccccc1CN1C(=O)C(=Cc2ccc(C(=O)NCc3cccs3)cc2)Sc2ccccc21. The quantitative estimate of drug-likeness (QED) is 0.304. The number of rotatable bonds is 6. The summed E-state index contributed by atoms with van der Waals surface area (Å²) in [5.74, 6) is -0.131. The lowest BCUT2D eigenvalue weighted by Crippen LogP contribution is -2.33. The lowest BCUT2D eigenvalue weighted by Gasteiger charge is -2.31. The molecule has 0 unspecified atom stereocenters. The number of hydrogen-bond donors (Lipinski definition) is 1. The highest BCUT2D eigenvalue weighted by molar-refractivity contribution is 8.04. The molecule has 1 aromatic heterocycles. The van der Waals surface area contributed by atoms with Crippen LogP contribution in [0.3, 0.4) is 0 Å². The molecule has 2 amide bonds. The number of thioether (sulfide) groups is 1. The minimum absolute atomic E-state index is 0.0188. The smallest absolute Gasteiger partial charge is 0.265 e. The summed E-state index contributed by atoms with van der Waals surface area (Å²) < 4.78 is 0. The summed E-state index contributed by atoms with van der Waals surface area (Å²) in [7, 11) is 0. The number of amides is 2. The first kappa shape index (κ1) is 23.1. The van der Waals surface area contributed by atoms with Crippen molar-refractivity contribution in [3.05, 3.63) is 122 Å². The molecule has 0 saturated carbocycles. The molecule has 0 aliphatic carbocycles. The molecule has 0 fully saturated rings. The predicted octanol–water partition coefficient (Wildman–Crippen LogP) is 6.67. The van der Waals surface area contributed by atoms with E-state index in [0.717, 1.165) is 32.2 Å². The third-order valence-electron chi connectivity index (χ3n) is 5.90. The van der Waals surface area contributed by atoms with Gasteiger partial charge < -0.3 is 10.2 Å². The fraction of sp³-hybridized carbons (Fsp3) is 0.103. The van der Waals surface area contributed by atoms with Gasteiger partial charge in [-0.15, -0.1) is 11.3 Å². The molecule has 5 rings (SSSR count). The Bertz CT molecular complexity index is 1390. The summed E-state index contributed by atoms with van der Waals surface area (Å²) in [6, 6.07) is 27.5. The van der Waals surface area contributed by atoms with E-state index in [1.165, 1.54) is 11.8 Å². The molecule has 2 heterocycles. The average Bonchev–Trinajstić information content (AvgIpc) is 3.40. The Morgan fingerprint density at radius 1 is 0.943 bits per heavy atom. The number of para-hydroxylation sites is 1. The lowest BCUT2D eigenvalue weighted by molar-refractivity contribution is -0.114. The molecule has 4 nitrogen and oxygen atoms in total. The molecule has 0 spiro atoms. The van der Waals surface area contributed by atoms with Crippen LogP contribution in [0.4, 0.5) is 5.69 Å². The van der Waals surface area contributed by atoms with Gasteiger partial charge >= 0.3 is 0 Å². The number of nitrogens with one attached hydrogen (secondary N) is 1. The minimum Gasteiger partial charge on any atom is -0.347 e. The zero-order valence-corrected chi connectivity index (χ0v) is 20.9. The molecule has 1 N–H and O–H groups in total. The molecule has 0 bridgehead atoms. The van der Waals surface area contributed by atoms with Gasteiger partial charge in [0.1, 0.15) is 0 Å². The number of fused-ring (bicyclic) bond motifs is 1. The zero-order chi connectivity index (χ0) is 24.2. The summed E-state index contributed by atoms with van der Waals surface area (Å²) >= 11 is 3.11. The van der Waals surface area contributed by atoms with Crippen LogP contribution in [0.15, 0.2) is 100 Å². The number of thiophene rings is 1. The van der Waals surface area contributed by atoms with Gasteiger partial charge in [-0.1, -0.05) is 66.4 Å². The lowest BCUT2D eigenvalue weighted by atomic mass is 10.1. The molecular formula is C29H24N2O2S2. The first-order valence-electron chi connectivity index (χ1n) is 11.3. The Morgan fingerprint density at radius 3 is 2.49 bits per heavy atom. The van der Waals surface area contributed by atoms with Gasteiger partial charge in [-0.25, -0.2) is 0 Å². The van der Waals surface area contributed by atoms with Crippen molar-refractivity contribution in [2.45, 2.75) is 24.9 Å².